The predicted molar refractivity (Wildman–Crippen MR) is 95.1 cm³/mol. The number of aryl methyl sites for hydroxylation is 1. The van der Waals surface area contributed by atoms with Crippen LogP contribution in [0.2, 0.25) is 0 Å². The molecular weight excluding hydrogens is 328 g/mol. The molecule has 6 heteroatoms. The summed E-state index contributed by atoms with van der Waals surface area (Å²) >= 11 is 0. The Kier molecular flexibility index (Phi) is 3.25. The maximum atomic E-state index is 12.6. The van der Waals surface area contributed by atoms with Crippen LogP contribution >= 0.6 is 0 Å². The highest BCUT2D eigenvalue weighted by Gasteiger charge is 2.32. The zero-order valence-corrected chi connectivity index (χ0v) is 14.2. The van der Waals surface area contributed by atoms with Gasteiger partial charge < -0.3 is 4.42 Å². The number of carbonyl (C=O) groups is 1. The molecule has 128 valence electrons. The number of furan rings is 1. The average Bonchev–Trinajstić information content (AvgIpc) is 3.29. The van der Waals surface area contributed by atoms with Crippen LogP contribution in [0.1, 0.15) is 40.0 Å². The molecule has 3 aromatic heterocycles. The number of hydrogen-bond acceptors (Lipinski definition) is 5. The Morgan fingerprint density at radius 2 is 1.92 bits per heavy atom. The second kappa shape index (κ2) is 5.62. The summed E-state index contributed by atoms with van der Waals surface area (Å²) in [6.45, 7) is 1.96. The molecule has 3 heterocycles. The van der Waals surface area contributed by atoms with Crippen molar-refractivity contribution >= 4 is 11.4 Å². The smallest absolute Gasteiger partial charge is 0.185 e. The lowest BCUT2D eigenvalue weighted by molar-refractivity contribution is 0.0951. The third-order valence-corrected chi connectivity index (χ3v) is 4.95. The molecule has 0 fully saturated rings. The Morgan fingerprint density at radius 3 is 2.69 bits per heavy atom. The Hall–Kier alpha value is -3.28. The van der Waals surface area contributed by atoms with E-state index in [-0.39, 0.29) is 11.7 Å². The van der Waals surface area contributed by atoms with Crippen LogP contribution in [0.4, 0.5) is 0 Å². The molecule has 0 N–H and O–H groups in total. The summed E-state index contributed by atoms with van der Waals surface area (Å²) in [5, 5.41) is 13.3. The third-order valence-electron chi connectivity index (χ3n) is 4.95. The predicted octanol–water partition coefficient (Wildman–Crippen LogP) is 3.61. The molecule has 1 aliphatic carbocycles. The first-order valence-corrected chi connectivity index (χ1v) is 8.59. The van der Waals surface area contributed by atoms with Crippen LogP contribution in [0.25, 0.3) is 16.8 Å². The van der Waals surface area contributed by atoms with Gasteiger partial charge in [-0.3, -0.25) is 4.79 Å². The molecule has 0 spiro atoms. The van der Waals surface area contributed by atoms with Crippen LogP contribution in [0.15, 0.2) is 53.1 Å². The summed E-state index contributed by atoms with van der Waals surface area (Å²) in [4.78, 5) is 12.6. The molecule has 0 amide bonds. The fourth-order valence-corrected chi connectivity index (χ4v) is 3.74. The van der Waals surface area contributed by atoms with Crippen molar-refractivity contribution in [1.82, 2.24) is 19.8 Å². The van der Waals surface area contributed by atoms with Crippen molar-refractivity contribution in [2.24, 2.45) is 0 Å². The minimum Gasteiger partial charge on any atom is -0.469 e. The molecule has 4 aromatic rings. The van der Waals surface area contributed by atoms with Gasteiger partial charge in [-0.05, 0) is 24.6 Å². The van der Waals surface area contributed by atoms with E-state index in [4.69, 9.17) is 4.42 Å². The molecule has 26 heavy (non-hydrogen) atoms. The average molecular weight is 344 g/mol. The number of Topliss-reactive ketones (excluding diaryl/α,β-unsaturated/α-hetero) is 1. The van der Waals surface area contributed by atoms with Gasteiger partial charge in [0.25, 0.3) is 0 Å². The summed E-state index contributed by atoms with van der Waals surface area (Å²) in [6, 6.07) is 13.8. The van der Waals surface area contributed by atoms with E-state index in [1.165, 1.54) is 0 Å². The summed E-state index contributed by atoms with van der Waals surface area (Å²) in [6.07, 6.45) is 2.67. The number of hydrogen-bond donors (Lipinski definition) is 0. The van der Waals surface area contributed by atoms with E-state index in [9.17, 15) is 4.79 Å². The fourth-order valence-electron chi connectivity index (χ4n) is 3.74. The highest BCUT2D eigenvalue weighted by Crippen LogP contribution is 2.34. The van der Waals surface area contributed by atoms with Gasteiger partial charge in [0.15, 0.2) is 17.1 Å². The van der Waals surface area contributed by atoms with Crippen LogP contribution in [0.3, 0.4) is 0 Å². The quantitative estimate of drug-likeness (QED) is 0.555. The van der Waals surface area contributed by atoms with Crippen molar-refractivity contribution in [3.63, 3.8) is 0 Å². The number of ketones is 1. The van der Waals surface area contributed by atoms with Gasteiger partial charge >= 0.3 is 0 Å². The zero-order chi connectivity index (χ0) is 17.7. The molecule has 0 radical (unpaired) electrons. The first kappa shape index (κ1) is 15.0. The maximum absolute atomic E-state index is 12.6. The van der Waals surface area contributed by atoms with Crippen molar-refractivity contribution in [3.05, 3.63) is 71.6 Å². The van der Waals surface area contributed by atoms with Gasteiger partial charge in [0, 0.05) is 18.8 Å². The lowest BCUT2D eigenvalue weighted by atomic mass is 9.87. The molecular formula is C20H16N4O2. The number of fused-ring (bicyclic) bond motifs is 3. The number of carbonyl (C=O) groups excluding carboxylic acids is 1. The van der Waals surface area contributed by atoms with E-state index in [1.54, 1.807) is 10.8 Å². The maximum Gasteiger partial charge on any atom is 0.185 e. The molecule has 0 bridgehead atoms. The minimum atomic E-state index is -0.0172. The van der Waals surface area contributed by atoms with Crippen molar-refractivity contribution in [1.29, 1.82) is 0 Å². The lowest BCUT2D eigenvalue weighted by Gasteiger charge is -2.21. The molecule has 5 rings (SSSR count). The summed E-state index contributed by atoms with van der Waals surface area (Å²) in [5.41, 5.74) is 4.76. The van der Waals surface area contributed by atoms with E-state index >= 15 is 0 Å². The van der Waals surface area contributed by atoms with Crippen molar-refractivity contribution in [2.45, 2.75) is 25.7 Å². The van der Waals surface area contributed by atoms with Gasteiger partial charge in [0.05, 0.1) is 23.2 Å². The molecule has 1 atom stereocenters. The van der Waals surface area contributed by atoms with Gasteiger partial charge in [0.1, 0.15) is 5.76 Å². The Balaban J connectivity index is 1.70. The first-order valence-electron chi connectivity index (χ1n) is 8.59. The van der Waals surface area contributed by atoms with Crippen molar-refractivity contribution < 1.29 is 9.21 Å². The zero-order valence-electron chi connectivity index (χ0n) is 14.2. The van der Waals surface area contributed by atoms with Gasteiger partial charge in [-0.15, -0.1) is 10.2 Å². The number of benzene rings is 1. The van der Waals surface area contributed by atoms with Crippen LogP contribution in [-0.2, 0) is 6.42 Å². The molecule has 0 unspecified atom stereocenters. The SMILES string of the molecule is Cc1nn2c3c(nnc2c1-c1ccccc1)C(=O)C[C@@H](c1ccco1)C3. The van der Waals surface area contributed by atoms with Crippen LogP contribution in [0, 0.1) is 6.92 Å². The van der Waals surface area contributed by atoms with Crippen LogP contribution in [0.5, 0.6) is 0 Å². The molecule has 0 aliphatic heterocycles. The number of nitrogens with zero attached hydrogens (tertiary/aromatic N) is 4. The Labute approximate surface area is 149 Å². The fraction of sp³-hybridized carbons (Fsp3) is 0.200. The van der Waals surface area contributed by atoms with Crippen molar-refractivity contribution in [3.8, 4) is 11.1 Å². The van der Waals surface area contributed by atoms with Gasteiger partial charge in [-0.25, -0.2) is 4.52 Å². The van der Waals surface area contributed by atoms with Gasteiger partial charge in [-0.2, -0.15) is 5.10 Å². The minimum absolute atomic E-state index is 0.00193. The van der Waals surface area contributed by atoms with E-state index in [0.717, 1.165) is 28.3 Å². The summed E-state index contributed by atoms with van der Waals surface area (Å²) in [7, 11) is 0. The number of aromatic nitrogens is 4. The highest BCUT2D eigenvalue weighted by molar-refractivity contribution is 5.97. The largest absolute Gasteiger partial charge is 0.469 e. The van der Waals surface area contributed by atoms with Crippen LogP contribution in [-0.4, -0.2) is 25.6 Å². The first-order chi connectivity index (χ1) is 12.7. The Morgan fingerprint density at radius 1 is 1.08 bits per heavy atom. The highest BCUT2D eigenvalue weighted by atomic mass is 16.3. The lowest BCUT2D eigenvalue weighted by Crippen LogP contribution is -2.24. The van der Waals surface area contributed by atoms with E-state index in [0.29, 0.717) is 24.2 Å². The second-order valence-electron chi connectivity index (χ2n) is 6.60. The number of rotatable bonds is 2. The molecule has 1 aliphatic rings. The molecule has 1 aromatic carbocycles. The van der Waals surface area contributed by atoms with Crippen LogP contribution < -0.4 is 0 Å². The standard InChI is InChI=1S/C20H16N4O2/c1-12-18(13-6-3-2-4-7-13)20-22-21-19-15(24(20)23-12)10-14(11-16(19)25)17-8-5-9-26-17/h2-9,14H,10-11H2,1H3/t14-/m0/s1. The topological polar surface area (TPSA) is 73.3 Å². The second-order valence-corrected chi connectivity index (χ2v) is 6.60. The normalized spacial score (nSPS) is 16.8. The summed E-state index contributed by atoms with van der Waals surface area (Å²) in [5.74, 6) is 0.805. The van der Waals surface area contributed by atoms with E-state index in [2.05, 4.69) is 15.3 Å². The summed E-state index contributed by atoms with van der Waals surface area (Å²) < 4.78 is 7.31. The Bertz CT molecular complexity index is 1110. The van der Waals surface area contributed by atoms with E-state index in [1.807, 2.05) is 49.4 Å². The molecule has 0 saturated carbocycles. The van der Waals surface area contributed by atoms with Crippen molar-refractivity contribution in [2.75, 3.05) is 0 Å². The van der Waals surface area contributed by atoms with Gasteiger partial charge in [0.2, 0.25) is 0 Å². The molecule has 0 saturated heterocycles. The molecule has 6 nitrogen and oxygen atoms in total. The monoisotopic (exact) mass is 344 g/mol. The van der Waals surface area contributed by atoms with E-state index < -0.39 is 0 Å². The van der Waals surface area contributed by atoms with Gasteiger partial charge in [-0.1, -0.05) is 30.3 Å². The third kappa shape index (κ3) is 2.19.